The monoisotopic (exact) mass is 407 g/mol. The highest BCUT2D eigenvalue weighted by molar-refractivity contribution is 8.00. The van der Waals surface area contributed by atoms with Gasteiger partial charge in [-0.05, 0) is 36.4 Å². The fourth-order valence-corrected chi connectivity index (χ4v) is 3.02. The Kier molecular flexibility index (Phi) is 9.30. The molecule has 0 heterocycles. The number of carbonyl (C=O) groups is 2. The largest absolute Gasteiger partial charge is 0.490 e. The van der Waals surface area contributed by atoms with Gasteiger partial charge < -0.3 is 19.5 Å². The van der Waals surface area contributed by atoms with Gasteiger partial charge in [0.05, 0.1) is 17.9 Å². The lowest BCUT2D eigenvalue weighted by Crippen LogP contribution is -2.28. The van der Waals surface area contributed by atoms with Gasteiger partial charge in [-0.1, -0.05) is 12.1 Å². The van der Waals surface area contributed by atoms with Crippen LogP contribution in [0.2, 0.25) is 0 Å². The van der Waals surface area contributed by atoms with Gasteiger partial charge in [0.25, 0.3) is 0 Å². The zero-order chi connectivity index (χ0) is 20.2. The molecule has 0 spiro atoms. The van der Waals surface area contributed by atoms with Gasteiger partial charge in [-0.3, -0.25) is 4.79 Å². The summed E-state index contributed by atoms with van der Waals surface area (Å²) < 4.78 is 28.3. The number of nitrogens with one attached hydrogen (secondary N) is 1. The summed E-state index contributed by atoms with van der Waals surface area (Å²) in [6, 6.07) is 12.5. The number of hydrogen-bond acceptors (Lipinski definition) is 6. The van der Waals surface area contributed by atoms with E-state index in [1.165, 1.54) is 36.0 Å². The van der Waals surface area contributed by atoms with Gasteiger partial charge in [0.15, 0.2) is 0 Å². The number of benzene rings is 2. The number of ether oxygens (including phenoxy) is 3. The maximum Gasteiger partial charge on any atom is 0.339 e. The van der Waals surface area contributed by atoms with Crippen molar-refractivity contribution in [3.8, 4) is 5.75 Å². The van der Waals surface area contributed by atoms with Crippen LogP contribution in [0.15, 0.2) is 53.4 Å². The highest BCUT2D eigenvalue weighted by Gasteiger charge is 2.14. The van der Waals surface area contributed by atoms with Crippen molar-refractivity contribution in [1.82, 2.24) is 5.32 Å². The number of halogens is 1. The summed E-state index contributed by atoms with van der Waals surface area (Å²) in [4.78, 5) is 24.8. The van der Waals surface area contributed by atoms with Gasteiger partial charge >= 0.3 is 5.97 Å². The van der Waals surface area contributed by atoms with Crippen LogP contribution in [0, 0.1) is 5.82 Å². The summed E-state index contributed by atoms with van der Waals surface area (Å²) in [6.07, 6.45) is 0. The molecule has 0 saturated heterocycles. The Morgan fingerprint density at radius 2 is 1.79 bits per heavy atom. The second-order valence-electron chi connectivity index (χ2n) is 5.57. The molecule has 2 rings (SSSR count). The van der Waals surface area contributed by atoms with Gasteiger partial charge in [-0.15, -0.1) is 11.8 Å². The Hall–Kier alpha value is -2.58. The van der Waals surface area contributed by atoms with E-state index < -0.39 is 5.97 Å². The highest BCUT2D eigenvalue weighted by Crippen LogP contribution is 2.23. The normalized spacial score (nSPS) is 10.4. The van der Waals surface area contributed by atoms with Crippen LogP contribution in [-0.2, 0) is 14.3 Å². The summed E-state index contributed by atoms with van der Waals surface area (Å²) in [7, 11) is 1.56. The second kappa shape index (κ2) is 12.0. The summed E-state index contributed by atoms with van der Waals surface area (Å²) in [6.45, 7) is 1.08. The molecule has 0 aliphatic heterocycles. The molecule has 1 N–H and O–H groups in total. The Balaban J connectivity index is 1.79. The maximum atomic E-state index is 12.8. The molecule has 0 unspecified atom stereocenters. The van der Waals surface area contributed by atoms with Crippen LogP contribution in [0.5, 0.6) is 5.75 Å². The Morgan fingerprint density at radius 1 is 1.04 bits per heavy atom. The van der Waals surface area contributed by atoms with Gasteiger partial charge in [0, 0.05) is 18.6 Å². The first kappa shape index (κ1) is 21.7. The minimum Gasteiger partial charge on any atom is -0.490 e. The lowest BCUT2D eigenvalue weighted by Gasteiger charge is -2.10. The Labute approximate surface area is 167 Å². The molecule has 2 aromatic rings. The van der Waals surface area contributed by atoms with E-state index >= 15 is 0 Å². The molecule has 150 valence electrons. The third-order valence-corrected chi connectivity index (χ3v) is 4.57. The zero-order valence-electron chi connectivity index (χ0n) is 15.5. The third kappa shape index (κ3) is 7.58. The van der Waals surface area contributed by atoms with Gasteiger partial charge in [-0.25, -0.2) is 9.18 Å². The molecule has 2 aromatic carbocycles. The Bertz CT molecular complexity index is 769. The first-order valence-corrected chi connectivity index (χ1v) is 9.61. The van der Waals surface area contributed by atoms with Crippen molar-refractivity contribution in [2.75, 3.05) is 39.2 Å². The molecular weight excluding hydrogens is 385 g/mol. The lowest BCUT2D eigenvalue weighted by molar-refractivity contribution is -0.118. The quantitative estimate of drug-likeness (QED) is 0.351. The second-order valence-corrected chi connectivity index (χ2v) is 6.58. The third-order valence-electron chi connectivity index (χ3n) is 3.49. The number of carbonyl (C=O) groups excluding carboxylic acids is 2. The molecule has 0 aliphatic carbocycles. The number of hydrogen-bond donors (Lipinski definition) is 1. The molecule has 0 saturated carbocycles. The number of thioether (sulfide) groups is 1. The predicted molar refractivity (Wildman–Crippen MR) is 104 cm³/mol. The number of rotatable bonds is 11. The minimum absolute atomic E-state index is 0.0483. The van der Waals surface area contributed by atoms with E-state index in [9.17, 15) is 14.0 Å². The van der Waals surface area contributed by atoms with Crippen molar-refractivity contribution in [3.05, 3.63) is 59.9 Å². The number of methoxy groups -OCH3 is 1. The first-order valence-electron chi connectivity index (χ1n) is 8.63. The van der Waals surface area contributed by atoms with Crippen molar-refractivity contribution in [2.24, 2.45) is 0 Å². The standard InChI is InChI=1S/C20H22FNO5S/c1-25-11-10-22-19(23)14-28-18-5-3-2-4-17(18)20(24)27-13-12-26-16-8-6-15(21)7-9-16/h2-9H,10-14H2,1H3,(H,22,23). The van der Waals surface area contributed by atoms with Crippen LogP contribution in [0.4, 0.5) is 4.39 Å². The van der Waals surface area contributed by atoms with E-state index in [0.29, 0.717) is 29.4 Å². The molecule has 0 bridgehead atoms. The van der Waals surface area contributed by atoms with Crippen LogP contribution in [0.1, 0.15) is 10.4 Å². The Morgan fingerprint density at radius 3 is 2.54 bits per heavy atom. The maximum absolute atomic E-state index is 12.8. The summed E-state index contributed by atoms with van der Waals surface area (Å²) in [5.41, 5.74) is 0.388. The van der Waals surface area contributed by atoms with Crippen LogP contribution in [0.25, 0.3) is 0 Å². The van der Waals surface area contributed by atoms with Crippen molar-refractivity contribution < 1.29 is 28.2 Å². The summed E-state index contributed by atoms with van der Waals surface area (Å²) in [5.74, 6) is -0.307. The van der Waals surface area contributed by atoms with Crippen LogP contribution < -0.4 is 10.1 Å². The van der Waals surface area contributed by atoms with Gasteiger partial charge in [0.2, 0.25) is 5.91 Å². The van der Waals surface area contributed by atoms with Crippen molar-refractivity contribution in [2.45, 2.75) is 4.90 Å². The van der Waals surface area contributed by atoms with Crippen LogP contribution >= 0.6 is 11.8 Å². The molecule has 8 heteroatoms. The van der Waals surface area contributed by atoms with E-state index in [1.54, 1.807) is 31.4 Å². The van der Waals surface area contributed by atoms with E-state index in [1.807, 2.05) is 0 Å². The molecule has 1 amide bonds. The molecule has 6 nitrogen and oxygen atoms in total. The fraction of sp³-hybridized carbons (Fsp3) is 0.300. The molecule has 0 radical (unpaired) electrons. The molecule has 0 aromatic heterocycles. The van der Waals surface area contributed by atoms with Gasteiger partial charge in [-0.2, -0.15) is 0 Å². The lowest BCUT2D eigenvalue weighted by atomic mass is 10.2. The van der Waals surface area contributed by atoms with E-state index in [4.69, 9.17) is 14.2 Å². The number of amides is 1. The van der Waals surface area contributed by atoms with Crippen LogP contribution in [-0.4, -0.2) is 51.1 Å². The molecule has 0 aliphatic rings. The van der Waals surface area contributed by atoms with E-state index in [-0.39, 0.29) is 30.7 Å². The molecule has 0 atom stereocenters. The minimum atomic E-state index is -0.495. The van der Waals surface area contributed by atoms with Crippen LogP contribution in [0.3, 0.4) is 0 Å². The topological polar surface area (TPSA) is 73.9 Å². The first-order chi connectivity index (χ1) is 13.6. The predicted octanol–water partition coefficient (Wildman–Crippen LogP) is 2.92. The number of esters is 1. The molecular formula is C20H22FNO5S. The SMILES string of the molecule is COCCNC(=O)CSc1ccccc1C(=O)OCCOc1ccc(F)cc1. The highest BCUT2D eigenvalue weighted by atomic mass is 32.2. The van der Waals surface area contributed by atoms with Crippen molar-refractivity contribution in [1.29, 1.82) is 0 Å². The van der Waals surface area contributed by atoms with Gasteiger partial charge in [0.1, 0.15) is 24.8 Å². The average Bonchev–Trinajstić information content (AvgIpc) is 2.71. The molecule has 28 heavy (non-hydrogen) atoms. The van der Waals surface area contributed by atoms with Crippen molar-refractivity contribution >= 4 is 23.6 Å². The molecule has 0 fully saturated rings. The van der Waals surface area contributed by atoms with E-state index in [0.717, 1.165) is 0 Å². The van der Waals surface area contributed by atoms with E-state index in [2.05, 4.69) is 5.32 Å². The van der Waals surface area contributed by atoms with Crippen molar-refractivity contribution in [3.63, 3.8) is 0 Å². The summed E-state index contributed by atoms with van der Waals surface area (Å²) in [5, 5.41) is 2.72. The average molecular weight is 407 g/mol. The smallest absolute Gasteiger partial charge is 0.339 e. The summed E-state index contributed by atoms with van der Waals surface area (Å²) >= 11 is 1.26. The fourth-order valence-electron chi connectivity index (χ4n) is 2.15. The zero-order valence-corrected chi connectivity index (χ0v) is 16.3.